The van der Waals surface area contributed by atoms with Crippen molar-refractivity contribution in [1.29, 1.82) is 0 Å². The summed E-state index contributed by atoms with van der Waals surface area (Å²) < 4.78 is 0. The second-order valence-corrected chi connectivity index (χ2v) is 6.89. The van der Waals surface area contributed by atoms with E-state index in [9.17, 15) is 9.59 Å². The van der Waals surface area contributed by atoms with Crippen molar-refractivity contribution in [2.45, 2.75) is 19.3 Å². The Morgan fingerprint density at radius 2 is 2.16 bits per heavy atom. The smallest absolute Gasteiger partial charge is 0.270 e. The highest BCUT2D eigenvalue weighted by atomic mass is 16.2. The van der Waals surface area contributed by atoms with Gasteiger partial charge >= 0.3 is 0 Å². The fourth-order valence-electron chi connectivity index (χ4n) is 3.78. The molecule has 2 aliphatic rings. The van der Waals surface area contributed by atoms with Crippen molar-refractivity contribution < 1.29 is 9.59 Å². The van der Waals surface area contributed by atoms with Gasteiger partial charge in [-0.25, -0.2) is 4.98 Å². The number of rotatable bonds is 4. The number of amides is 2. The first-order valence-corrected chi connectivity index (χ1v) is 8.86. The first kappa shape index (κ1) is 16.1. The molecule has 0 spiro atoms. The average molecular weight is 341 g/mol. The average Bonchev–Trinajstić information content (AvgIpc) is 3.02. The summed E-state index contributed by atoms with van der Waals surface area (Å²) >= 11 is 0. The molecule has 0 aromatic carbocycles. The lowest BCUT2D eigenvalue weighted by Crippen LogP contribution is -2.48. The number of nitrogens with zero attached hydrogens (tertiary/aromatic N) is 3. The Balaban J connectivity index is 1.48. The molecule has 2 aromatic heterocycles. The molecule has 0 radical (unpaired) electrons. The molecule has 0 saturated carbocycles. The zero-order chi connectivity index (χ0) is 17.4. The van der Waals surface area contributed by atoms with Crippen LogP contribution in [0, 0.1) is 0 Å². The van der Waals surface area contributed by atoms with Crippen molar-refractivity contribution in [3.05, 3.63) is 29.2 Å². The van der Waals surface area contributed by atoms with E-state index in [4.69, 9.17) is 0 Å². The highest BCUT2D eigenvalue weighted by molar-refractivity contribution is 6.00. The van der Waals surface area contributed by atoms with Crippen LogP contribution >= 0.6 is 0 Å². The van der Waals surface area contributed by atoms with E-state index in [1.54, 1.807) is 11.1 Å². The van der Waals surface area contributed by atoms with Crippen molar-refractivity contribution in [2.24, 2.45) is 0 Å². The van der Waals surface area contributed by atoms with Crippen LogP contribution in [0.25, 0.3) is 10.9 Å². The minimum atomic E-state index is -0.0775. The Hall–Kier alpha value is -2.41. The number of carbonyl (C=O) groups is 2. The Morgan fingerprint density at radius 1 is 1.28 bits per heavy atom. The quantitative estimate of drug-likeness (QED) is 0.851. The summed E-state index contributed by atoms with van der Waals surface area (Å²) in [7, 11) is 1.86. The summed E-state index contributed by atoms with van der Waals surface area (Å²) in [4.78, 5) is 35.4. The monoisotopic (exact) mass is 341 g/mol. The van der Waals surface area contributed by atoms with E-state index in [0.717, 1.165) is 55.4 Å². The van der Waals surface area contributed by atoms with E-state index in [1.165, 1.54) is 5.56 Å². The molecular weight excluding hydrogens is 318 g/mol. The molecule has 0 bridgehead atoms. The summed E-state index contributed by atoms with van der Waals surface area (Å²) in [5, 5.41) is 4.02. The topological polar surface area (TPSA) is 81.3 Å². The van der Waals surface area contributed by atoms with Gasteiger partial charge in [-0.05, 0) is 36.9 Å². The molecule has 1 fully saturated rings. The lowest BCUT2D eigenvalue weighted by Gasteiger charge is -2.31. The van der Waals surface area contributed by atoms with Crippen LogP contribution in [-0.4, -0.2) is 71.4 Å². The maximum absolute atomic E-state index is 12.0. The van der Waals surface area contributed by atoms with Crippen LogP contribution in [0.2, 0.25) is 0 Å². The van der Waals surface area contributed by atoms with Crippen LogP contribution in [0.5, 0.6) is 0 Å². The van der Waals surface area contributed by atoms with Gasteiger partial charge < -0.3 is 15.2 Å². The largest absolute Gasteiger partial charge is 0.360 e. The maximum Gasteiger partial charge on any atom is 0.270 e. The number of aryl methyl sites for hydroxylation is 1. The summed E-state index contributed by atoms with van der Waals surface area (Å²) in [5.74, 6) is 0.121. The molecule has 0 unspecified atom stereocenters. The second-order valence-electron chi connectivity index (χ2n) is 6.89. The van der Waals surface area contributed by atoms with Crippen LogP contribution in [-0.2, 0) is 17.6 Å². The van der Waals surface area contributed by atoms with Crippen LogP contribution in [0.3, 0.4) is 0 Å². The first-order valence-electron chi connectivity index (χ1n) is 8.86. The van der Waals surface area contributed by atoms with E-state index >= 15 is 0 Å². The molecule has 4 heterocycles. The van der Waals surface area contributed by atoms with E-state index in [1.807, 2.05) is 13.2 Å². The SMILES string of the molecule is CN1CCN(CCCc2c[nH]c3cnc4c(c23)CCNC4=O)CC1=O. The molecule has 1 saturated heterocycles. The van der Waals surface area contributed by atoms with Gasteiger partial charge in [-0.15, -0.1) is 0 Å². The van der Waals surface area contributed by atoms with Crippen molar-refractivity contribution in [1.82, 2.24) is 25.1 Å². The van der Waals surface area contributed by atoms with Gasteiger partial charge in [0.1, 0.15) is 5.69 Å². The third kappa shape index (κ3) is 3.00. The molecule has 0 aliphatic carbocycles. The fraction of sp³-hybridized carbons (Fsp3) is 0.500. The molecule has 132 valence electrons. The van der Waals surface area contributed by atoms with E-state index in [2.05, 4.69) is 20.2 Å². The lowest BCUT2D eigenvalue weighted by molar-refractivity contribution is -0.134. The molecular formula is C18H23N5O2. The molecule has 0 atom stereocenters. The van der Waals surface area contributed by atoms with Crippen molar-refractivity contribution >= 4 is 22.7 Å². The van der Waals surface area contributed by atoms with Crippen molar-refractivity contribution in [3.63, 3.8) is 0 Å². The molecule has 7 heteroatoms. The normalized spacial score (nSPS) is 18.5. The van der Waals surface area contributed by atoms with Crippen LogP contribution in [0.15, 0.2) is 12.4 Å². The molecule has 2 aromatic rings. The van der Waals surface area contributed by atoms with Gasteiger partial charge in [0, 0.05) is 38.3 Å². The van der Waals surface area contributed by atoms with Crippen LogP contribution in [0.4, 0.5) is 0 Å². The number of nitrogens with one attached hydrogen (secondary N) is 2. The number of fused-ring (bicyclic) bond motifs is 3. The number of aromatic amines is 1. The minimum Gasteiger partial charge on any atom is -0.360 e. The van der Waals surface area contributed by atoms with Crippen molar-refractivity contribution in [2.75, 3.05) is 39.8 Å². The standard InChI is InChI=1S/C18H23N5O2/c1-22-7-8-23(11-15(22)24)6-2-3-12-9-20-14-10-21-17-13(16(12)14)4-5-19-18(17)25/h9-10,20H,2-8,11H2,1H3,(H,19,25). The van der Waals surface area contributed by atoms with Gasteiger partial charge in [-0.2, -0.15) is 0 Å². The fourth-order valence-corrected chi connectivity index (χ4v) is 3.78. The predicted molar refractivity (Wildman–Crippen MR) is 94.5 cm³/mol. The molecule has 7 nitrogen and oxygen atoms in total. The number of aromatic nitrogens is 2. The molecule has 4 rings (SSSR count). The molecule has 25 heavy (non-hydrogen) atoms. The summed E-state index contributed by atoms with van der Waals surface area (Å²) in [6.45, 7) is 3.85. The van der Waals surface area contributed by atoms with Gasteiger partial charge in [-0.1, -0.05) is 0 Å². The Labute approximate surface area is 146 Å². The highest BCUT2D eigenvalue weighted by Crippen LogP contribution is 2.27. The van der Waals surface area contributed by atoms with E-state index in [-0.39, 0.29) is 11.8 Å². The van der Waals surface area contributed by atoms with Crippen LogP contribution in [0.1, 0.15) is 28.0 Å². The number of hydrogen-bond acceptors (Lipinski definition) is 4. The summed E-state index contributed by atoms with van der Waals surface area (Å²) in [5.41, 5.74) is 3.86. The zero-order valence-corrected chi connectivity index (χ0v) is 14.5. The van der Waals surface area contributed by atoms with Gasteiger partial charge in [0.25, 0.3) is 5.91 Å². The number of likely N-dealkylation sites (N-methyl/N-ethyl adjacent to an activating group) is 1. The number of H-pyrrole nitrogens is 1. The number of piperazine rings is 1. The van der Waals surface area contributed by atoms with E-state index in [0.29, 0.717) is 18.8 Å². The first-order chi connectivity index (χ1) is 12.1. The molecule has 2 aliphatic heterocycles. The third-order valence-electron chi connectivity index (χ3n) is 5.24. The van der Waals surface area contributed by atoms with Crippen molar-refractivity contribution in [3.8, 4) is 0 Å². The number of carbonyl (C=O) groups excluding carboxylic acids is 2. The number of hydrogen-bond donors (Lipinski definition) is 2. The zero-order valence-electron chi connectivity index (χ0n) is 14.5. The van der Waals surface area contributed by atoms with Crippen LogP contribution < -0.4 is 5.32 Å². The van der Waals surface area contributed by atoms with Gasteiger partial charge in [0.15, 0.2) is 0 Å². The van der Waals surface area contributed by atoms with Gasteiger partial charge in [-0.3, -0.25) is 14.5 Å². The minimum absolute atomic E-state index is 0.0775. The Kier molecular flexibility index (Phi) is 4.17. The summed E-state index contributed by atoms with van der Waals surface area (Å²) in [6, 6.07) is 0. The Morgan fingerprint density at radius 3 is 3.00 bits per heavy atom. The van der Waals surface area contributed by atoms with Gasteiger partial charge in [0.05, 0.1) is 18.3 Å². The highest BCUT2D eigenvalue weighted by Gasteiger charge is 2.23. The molecule has 2 amide bonds. The third-order valence-corrected chi connectivity index (χ3v) is 5.24. The second kappa shape index (κ2) is 6.48. The lowest BCUT2D eigenvalue weighted by atomic mass is 9.97. The molecule has 2 N–H and O–H groups in total. The maximum atomic E-state index is 12.0. The van der Waals surface area contributed by atoms with E-state index < -0.39 is 0 Å². The van der Waals surface area contributed by atoms with Gasteiger partial charge in [0.2, 0.25) is 5.91 Å². The summed E-state index contributed by atoms with van der Waals surface area (Å²) in [6.07, 6.45) is 6.53. The number of pyridine rings is 1. The predicted octanol–water partition coefficient (Wildman–Crippen LogP) is 0.555. The Bertz CT molecular complexity index is 828.